The van der Waals surface area contributed by atoms with E-state index in [1.165, 1.54) is 186 Å². The first-order chi connectivity index (χ1) is 28.5. The van der Waals surface area contributed by atoms with E-state index in [0.717, 1.165) is 57.8 Å². The Morgan fingerprint density at radius 1 is 0.466 bits per heavy atom. The fraction of sp³-hybridized carbons (Fsp3) is 0.885. The second-order valence-corrected chi connectivity index (χ2v) is 17.5. The van der Waals surface area contributed by atoms with Crippen molar-refractivity contribution < 1.29 is 24.5 Å². The van der Waals surface area contributed by atoms with Crippen molar-refractivity contribution in [3.63, 3.8) is 0 Å². The minimum atomic E-state index is -0.862. The monoisotopic (exact) mass is 818 g/mol. The molecule has 0 spiro atoms. The lowest BCUT2D eigenvalue weighted by atomic mass is 10.0. The van der Waals surface area contributed by atoms with E-state index in [4.69, 9.17) is 4.74 Å². The molecule has 0 saturated heterocycles. The molecule has 6 heteroatoms. The van der Waals surface area contributed by atoms with Gasteiger partial charge in [-0.15, -0.1) is 0 Å². The maximum absolute atomic E-state index is 12.4. The third kappa shape index (κ3) is 43.9. The number of aliphatic hydroxyl groups is 2. The van der Waals surface area contributed by atoms with Gasteiger partial charge in [0.15, 0.2) is 0 Å². The van der Waals surface area contributed by atoms with Crippen molar-refractivity contribution in [2.45, 2.75) is 283 Å². The normalized spacial score (nSPS) is 12.8. The van der Waals surface area contributed by atoms with Gasteiger partial charge < -0.3 is 20.3 Å². The van der Waals surface area contributed by atoms with E-state index < -0.39 is 12.1 Å². The highest BCUT2D eigenvalue weighted by Gasteiger charge is 2.18. The fourth-order valence-electron chi connectivity index (χ4n) is 7.73. The molecule has 0 aliphatic carbocycles. The third-order valence-electron chi connectivity index (χ3n) is 11.7. The van der Waals surface area contributed by atoms with Crippen molar-refractivity contribution >= 4 is 11.9 Å². The van der Waals surface area contributed by atoms with Crippen molar-refractivity contribution in [2.24, 2.45) is 0 Å². The summed E-state index contributed by atoms with van der Waals surface area (Å²) >= 11 is 0. The summed E-state index contributed by atoms with van der Waals surface area (Å²) in [4.78, 5) is 24.4. The molecule has 58 heavy (non-hydrogen) atoms. The minimum Gasteiger partial charge on any atom is -0.466 e. The van der Waals surface area contributed by atoms with Gasteiger partial charge in [-0.25, -0.2) is 0 Å². The van der Waals surface area contributed by atoms with Crippen LogP contribution < -0.4 is 5.32 Å². The average molecular weight is 818 g/mol. The smallest absolute Gasteiger partial charge is 0.305 e. The molecule has 0 bridgehead atoms. The summed E-state index contributed by atoms with van der Waals surface area (Å²) in [5.41, 5.74) is 0. The first-order valence-corrected chi connectivity index (χ1v) is 25.6. The lowest BCUT2D eigenvalue weighted by Crippen LogP contribution is -2.45. The van der Waals surface area contributed by atoms with Crippen molar-refractivity contribution in [1.29, 1.82) is 0 Å². The topological polar surface area (TPSA) is 95.9 Å². The van der Waals surface area contributed by atoms with Crippen LogP contribution in [0.1, 0.15) is 271 Å². The summed E-state index contributed by atoms with van der Waals surface area (Å²) < 4.78 is 5.42. The predicted octanol–water partition coefficient (Wildman–Crippen LogP) is 15.1. The molecule has 1 amide bonds. The van der Waals surface area contributed by atoms with Crippen molar-refractivity contribution in [1.82, 2.24) is 5.32 Å². The molecule has 0 aliphatic heterocycles. The lowest BCUT2D eigenvalue weighted by molar-refractivity contribution is -0.143. The van der Waals surface area contributed by atoms with Crippen LogP contribution >= 0.6 is 0 Å². The van der Waals surface area contributed by atoms with Crippen molar-refractivity contribution in [3.8, 4) is 0 Å². The summed E-state index contributed by atoms with van der Waals surface area (Å²) in [6.07, 6.45) is 56.1. The van der Waals surface area contributed by atoms with E-state index in [0.29, 0.717) is 19.4 Å². The van der Waals surface area contributed by atoms with E-state index in [2.05, 4.69) is 31.3 Å². The Morgan fingerprint density at radius 3 is 1.28 bits per heavy atom. The second kappa shape index (κ2) is 48.0. The van der Waals surface area contributed by atoms with Gasteiger partial charge in [0.2, 0.25) is 5.91 Å². The van der Waals surface area contributed by atoms with E-state index in [9.17, 15) is 19.8 Å². The number of unbranched alkanes of at least 4 members (excludes halogenated alkanes) is 34. The zero-order valence-electron chi connectivity index (χ0n) is 38.8. The summed E-state index contributed by atoms with van der Waals surface area (Å²) in [6.45, 7) is 4.80. The Labute approximate surface area is 361 Å². The number of carbonyl (C=O) groups excluding carboxylic acids is 2. The number of ether oxygens (including phenoxy) is 1. The Balaban J connectivity index is 3.54. The highest BCUT2D eigenvalue weighted by molar-refractivity contribution is 5.76. The van der Waals surface area contributed by atoms with Gasteiger partial charge in [0, 0.05) is 12.8 Å². The highest BCUT2D eigenvalue weighted by atomic mass is 16.5. The summed E-state index contributed by atoms with van der Waals surface area (Å²) in [6, 6.07) is -0.648. The van der Waals surface area contributed by atoms with Gasteiger partial charge in [-0.3, -0.25) is 9.59 Å². The summed E-state index contributed by atoms with van der Waals surface area (Å²) in [5, 5.41) is 23.1. The van der Waals surface area contributed by atoms with Gasteiger partial charge >= 0.3 is 5.97 Å². The molecule has 0 aromatic rings. The van der Waals surface area contributed by atoms with Crippen LogP contribution in [0.25, 0.3) is 0 Å². The first kappa shape index (κ1) is 56.3. The molecule has 0 aromatic carbocycles. The predicted molar refractivity (Wildman–Crippen MR) is 250 cm³/mol. The molecule has 0 aromatic heterocycles. The highest BCUT2D eigenvalue weighted by Crippen LogP contribution is 2.16. The van der Waals surface area contributed by atoms with Crippen LogP contribution in [0.4, 0.5) is 0 Å². The van der Waals surface area contributed by atoms with E-state index in [1.54, 1.807) is 6.08 Å². The third-order valence-corrected chi connectivity index (χ3v) is 11.7. The lowest BCUT2D eigenvalue weighted by Gasteiger charge is -2.20. The molecule has 0 aliphatic rings. The Morgan fingerprint density at radius 2 is 0.828 bits per heavy atom. The molecule has 3 N–H and O–H groups in total. The number of aliphatic hydroxyl groups excluding tert-OH is 2. The fourth-order valence-corrected chi connectivity index (χ4v) is 7.73. The van der Waals surface area contributed by atoms with Crippen molar-refractivity contribution in [3.05, 3.63) is 24.3 Å². The minimum absolute atomic E-state index is 0.0382. The van der Waals surface area contributed by atoms with E-state index >= 15 is 0 Å². The number of nitrogens with one attached hydrogen (secondary N) is 1. The van der Waals surface area contributed by atoms with Crippen LogP contribution in [0.5, 0.6) is 0 Å². The largest absolute Gasteiger partial charge is 0.466 e. The van der Waals surface area contributed by atoms with Gasteiger partial charge in [-0.2, -0.15) is 0 Å². The number of hydrogen-bond acceptors (Lipinski definition) is 5. The molecule has 0 saturated carbocycles. The summed E-state index contributed by atoms with van der Waals surface area (Å²) in [7, 11) is 0. The molecular weight excluding hydrogens is 719 g/mol. The molecule has 0 fully saturated rings. The number of rotatable bonds is 47. The molecule has 2 unspecified atom stereocenters. The summed E-state index contributed by atoms with van der Waals surface area (Å²) in [5.74, 6) is -0.133. The number of allylic oxidation sites excluding steroid dienone is 3. The quantitative estimate of drug-likeness (QED) is 0.0323. The van der Waals surface area contributed by atoms with Crippen LogP contribution in [0.15, 0.2) is 24.3 Å². The zero-order valence-corrected chi connectivity index (χ0v) is 38.8. The van der Waals surface area contributed by atoms with Crippen LogP contribution in [0.3, 0.4) is 0 Å². The Kier molecular flexibility index (Phi) is 46.6. The number of amides is 1. The average Bonchev–Trinajstić information content (AvgIpc) is 3.22. The van der Waals surface area contributed by atoms with Crippen LogP contribution in [0, 0.1) is 0 Å². The second-order valence-electron chi connectivity index (χ2n) is 17.5. The number of carbonyl (C=O) groups is 2. The van der Waals surface area contributed by atoms with Gasteiger partial charge in [0.1, 0.15) is 0 Å². The first-order valence-electron chi connectivity index (χ1n) is 25.6. The van der Waals surface area contributed by atoms with Gasteiger partial charge in [-0.05, 0) is 51.4 Å². The molecular formula is C52H99NO5. The zero-order chi connectivity index (χ0) is 42.3. The molecule has 0 rings (SSSR count). The van der Waals surface area contributed by atoms with Gasteiger partial charge in [0.25, 0.3) is 0 Å². The van der Waals surface area contributed by atoms with Crippen LogP contribution in [-0.4, -0.2) is 47.4 Å². The molecule has 0 radical (unpaired) electrons. The van der Waals surface area contributed by atoms with Crippen LogP contribution in [-0.2, 0) is 14.3 Å². The maximum Gasteiger partial charge on any atom is 0.305 e. The van der Waals surface area contributed by atoms with E-state index in [1.807, 2.05) is 6.08 Å². The number of esters is 1. The Bertz CT molecular complexity index is 904. The number of hydrogen-bond donors (Lipinski definition) is 3. The SMILES string of the molecule is CCCC/C=C\CCCCCCCC(=O)OCCCCCCCCCCCC(=O)NC(CO)C(O)/C=C/CCCCCCCCCCCCCCCCCCCCC. The van der Waals surface area contributed by atoms with Gasteiger partial charge in [0.05, 0.1) is 25.4 Å². The Hall–Kier alpha value is -1.66. The van der Waals surface area contributed by atoms with Gasteiger partial charge in [-0.1, -0.05) is 231 Å². The standard InChI is InChI=1S/C52H99NO5/c1-3-5-7-9-11-13-15-16-17-18-19-20-21-22-23-24-26-28-32-36-40-44-50(55)49(48-54)53-51(56)45-41-37-33-29-27-31-35-39-43-47-58-52(57)46-42-38-34-30-25-14-12-10-8-6-4-2/h10,12,40,44,49-50,54-55H,3-9,11,13-39,41-43,45-48H2,1-2H3,(H,53,56)/b12-10-,44-40+. The molecule has 2 atom stereocenters. The maximum atomic E-state index is 12.4. The van der Waals surface area contributed by atoms with Crippen LogP contribution in [0.2, 0.25) is 0 Å². The van der Waals surface area contributed by atoms with Crippen molar-refractivity contribution in [2.75, 3.05) is 13.2 Å². The molecule has 342 valence electrons. The molecule has 6 nitrogen and oxygen atoms in total. The molecule has 0 heterocycles. The van der Waals surface area contributed by atoms with E-state index in [-0.39, 0.29) is 18.5 Å².